The summed E-state index contributed by atoms with van der Waals surface area (Å²) >= 11 is 0. The molecular weight excluding hydrogens is 336 g/mol. The number of hydrogen-bond donors (Lipinski definition) is 1. The summed E-state index contributed by atoms with van der Waals surface area (Å²) in [5.41, 5.74) is 8.62. The fourth-order valence-corrected chi connectivity index (χ4v) is 4.47. The fraction of sp³-hybridized carbons (Fsp3) is 0.478. The van der Waals surface area contributed by atoms with Gasteiger partial charge in [0.05, 0.1) is 12.6 Å². The van der Waals surface area contributed by atoms with Crippen molar-refractivity contribution in [3.05, 3.63) is 59.7 Å². The van der Waals surface area contributed by atoms with Crippen molar-refractivity contribution in [3.63, 3.8) is 0 Å². The van der Waals surface area contributed by atoms with Gasteiger partial charge in [-0.1, -0.05) is 30.3 Å². The van der Waals surface area contributed by atoms with Gasteiger partial charge >= 0.3 is 0 Å². The maximum Gasteiger partial charge on any atom is 0.140 e. The first-order valence-electron chi connectivity index (χ1n) is 10.2. The molecule has 4 heteroatoms. The van der Waals surface area contributed by atoms with E-state index in [1.807, 2.05) is 31.2 Å². The van der Waals surface area contributed by atoms with E-state index in [1.54, 1.807) is 0 Å². The van der Waals surface area contributed by atoms with Crippen LogP contribution in [0.15, 0.2) is 48.5 Å². The first-order valence-corrected chi connectivity index (χ1v) is 10.2. The second kappa shape index (κ2) is 8.32. The summed E-state index contributed by atoms with van der Waals surface area (Å²) in [6.45, 7) is 5.69. The smallest absolute Gasteiger partial charge is 0.140 e. The summed E-state index contributed by atoms with van der Waals surface area (Å²) < 4.78 is 12.2. The number of hydrogen-bond acceptors (Lipinski definition) is 4. The lowest BCUT2D eigenvalue weighted by atomic mass is 9.95. The predicted octanol–water partition coefficient (Wildman–Crippen LogP) is 3.80. The molecule has 2 N–H and O–H groups in total. The number of benzene rings is 2. The van der Waals surface area contributed by atoms with Crippen LogP contribution >= 0.6 is 0 Å². The van der Waals surface area contributed by atoms with Crippen LogP contribution in [0, 0.1) is 5.92 Å². The van der Waals surface area contributed by atoms with Gasteiger partial charge in [-0.25, -0.2) is 0 Å². The van der Waals surface area contributed by atoms with Crippen LogP contribution in [0.25, 0.3) is 0 Å². The highest BCUT2D eigenvalue weighted by Gasteiger charge is 2.39. The number of ether oxygens (including phenoxy) is 2. The van der Waals surface area contributed by atoms with Crippen LogP contribution in [0.5, 0.6) is 11.5 Å². The molecule has 2 aromatic carbocycles. The maximum absolute atomic E-state index is 6.56. The Morgan fingerprint density at radius 3 is 2.59 bits per heavy atom. The van der Waals surface area contributed by atoms with Crippen molar-refractivity contribution in [3.8, 4) is 11.5 Å². The lowest BCUT2D eigenvalue weighted by Crippen LogP contribution is -2.45. The fourth-order valence-electron chi connectivity index (χ4n) is 4.47. The van der Waals surface area contributed by atoms with E-state index < -0.39 is 0 Å². The van der Waals surface area contributed by atoms with Crippen molar-refractivity contribution in [1.82, 2.24) is 4.90 Å². The third kappa shape index (κ3) is 3.97. The largest absolute Gasteiger partial charge is 0.494 e. The summed E-state index contributed by atoms with van der Waals surface area (Å²) in [4.78, 5) is 2.61. The molecule has 2 atom stereocenters. The molecule has 0 bridgehead atoms. The summed E-state index contributed by atoms with van der Waals surface area (Å²) in [5.74, 6) is 2.42. The second-order valence-corrected chi connectivity index (χ2v) is 7.63. The highest BCUT2D eigenvalue weighted by Crippen LogP contribution is 2.39. The summed E-state index contributed by atoms with van der Waals surface area (Å²) in [7, 11) is 0. The molecule has 1 saturated heterocycles. The number of nitrogens with two attached hydrogens (primary N) is 1. The van der Waals surface area contributed by atoms with E-state index in [-0.39, 0.29) is 6.10 Å². The van der Waals surface area contributed by atoms with E-state index in [9.17, 15) is 0 Å². The average molecular weight is 367 g/mol. The van der Waals surface area contributed by atoms with Crippen LogP contribution < -0.4 is 15.2 Å². The zero-order chi connectivity index (χ0) is 18.6. The van der Waals surface area contributed by atoms with Gasteiger partial charge in [0, 0.05) is 6.07 Å². The van der Waals surface area contributed by atoms with Gasteiger partial charge in [0.15, 0.2) is 0 Å². The molecule has 0 radical (unpaired) electrons. The molecule has 4 rings (SSSR count). The quantitative estimate of drug-likeness (QED) is 0.845. The molecule has 0 aromatic heterocycles. The number of piperidine rings is 1. The van der Waals surface area contributed by atoms with Gasteiger partial charge in [0.25, 0.3) is 0 Å². The van der Waals surface area contributed by atoms with E-state index in [0.717, 1.165) is 37.6 Å². The molecule has 144 valence electrons. The lowest BCUT2D eigenvalue weighted by Gasteiger charge is -2.38. The average Bonchev–Trinajstić information content (AvgIpc) is 3.07. The Hall–Kier alpha value is -2.04. The van der Waals surface area contributed by atoms with Crippen LogP contribution in [0.1, 0.15) is 37.0 Å². The van der Waals surface area contributed by atoms with Gasteiger partial charge in [-0.05, 0) is 75.0 Å². The molecule has 27 heavy (non-hydrogen) atoms. The SMILES string of the molecule is CCOc1cccc(O[C@@H]2c3ccccc3C[C@H]2N2CCC(CN)CC2)c1. The standard InChI is InChI=1S/C23H30N2O2/c1-2-26-19-7-5-8-20(15-19)27-23-21-9-4-3-6-18(21)14-22(23)25-12-10-17(16-24)11-13-25/h3-9,15,17,22-23H,2,10-14,16,24H2,1H3/t22-,23-/m1/s1. The Bertz CT molecular complexity index is 756. The van der Waals surface area contributed by atoms with Gasteiger partial charge in [-0.15, -0.1) is 0 Å². The maximum atomic E-state index is 6.56. The van der Waals surface area contributed by atoms with Gasteiger partial charge in [-0.2, -0.15) is 0 Å². The van der Waals surface area contributed by atoms with Crippen molar-refractivity contribution in [2.75, 3.05) is 26.2 Å². The zero-order valence-electron chi connectivity index (χ0n) is 16.1. The monoisotopic (exact) mass is 366 g/mol. The second-order valence-electron chi connectivity index (χ2n) is 7.63. The molecule has 0 spiro atoms. The highest BCUT2D eigenvalue weighted by atomic mass is 16.5. The predicted molar refractivity (Wildman–Crippen MR) is 108 cm³/mol. The minimum Gasteiger partial charge on any atom is -0.494 e. The van der Waals surface area contributed by atoms with Crippen LogP contribution in [-0.2, 0) is 6.42 Å². The summed E-state index contributed by atoms with van der Waals surface area (Å²) in [6.07, 6.45) is 3.50. The number of rotatable bonds is 6. The van der Waals surface area contributed by atoms with E-state index in [2.05, 4.69) is 29.2 Å². The number of nitrogens with zero attached hydrogens (tertiary/aromatic N) is 1. The molecular formula is C23H30N2O2. The van der Waals surface area contributed by atoms with Crippen molar-refractivity contribution in [1.29, 1.82) is 0 Å². The van der Waals surface area contributed by atoms with Gasteiger partial charge in [0.1, 0.15) is 17.6 Å². The van der Waals surface area contributed by atoms with Crippen LogP contribution in [0.4, 0.5) is 0 Å². The lowest BCUT2D eigenvalue weighted by molar-refractivity contribution is 0.0537. The van der Waals surface area contributed by atoms with Crippen molar-refractivity contribution in [2.24, 2.45) is 11.7 Å². The van der Waals surface area contributed by atoms with E-state index in [1.165, 1.54) is 24.0 Å². The minimum absolute atomic E-state index is 0.0625. The van der Waals surface area contributed by atoms with E-state index in [4.69, 9.17) is 15.2 Å². The van der Waals surface area contributed by atoms with Crippen LogP contribution in [0.3, 0.4) is 0 Å². The van der Waals surface area contributed by atoms with Gasteiger partial charge in [0.2, 0.25) is 0 Å². The molecule has 0 unspecified atom stereocenters. The molecule has 1 fully saturated rings. The molecule has 0 saturated carbocycles. The van der Waals surface area contributed by atoms with Gasteiger partial charge < -0.3 is 15.2 Å². The van der Waals surface area contributed by atoms with Gasteiger partial charge in [-0.3, -0.25) is 4.90 Å². The molecule has 1 heterocycles. The zero-order valence-corrected chi connectivity index (χ0v) is 16.1. The van der Waals surface area contributed by atoms with Crippen LogP contribution in [0.2, 0.25) is 0 Å². The summed E-state index contributed by atoms with van der Waals surface area (Å²) in [5, 5.41) is 0. The van der Waals surface area contributed by atoms with E-state index >= 15 is 0 Å². The first-order chi connectivity index (χ1) is 13.3. The molecule has 1 aliphatic carbocycles. The molecule has 1 aliphatic heterocycles. The van der Waals surface area contributed by atoms with Crippen molar-refractivity contribution < 1.29 is 9.47 Å². The molecule has 0 amide bonds. The topological polar surface area (TPSA) is 47.7 Å². The Morgan fingerprint density at radius 2 is 1.81 bits per heavy atom. The summed E-state index contributed by atoms with van der Waals surface area (Å²) in [6, 6.07) is 17.1. The van der Waals surface area contributed by atoms with Crippen LogP contribution in [-0.4, -0.2) is 37.2 Å². The minimum atomic E-state index is 0.0625. The number of fused-ring (bicyclic) bond motifs is 1. The third-order valence-corrected chi connectivity index (χ3v) is 5.97. The molecule has 4 nitrogen and oxygen atoms in total. The van der Waals surface area contributed by atoms with Crippen molar-refractivity contribution in [2.45, 2.75) is 38.3 Å². The van der Waals surface area contributed by atoms with Crippen molar-refractivity contribution >= 4 is 0 Å². The molecule has 2 aliphatic rings. The third-order valence-electron chi connectivity index (χ3n) is 5.97. The normalized spacial score (nSPS) is 23.2. The Labute approximate surface area is 162 Å². The Balaban J connectivity index is 1.56. The highest BCUT2D eigenvalue weighted by molar-refractivity contribution is 5.39. The van der Waals surface area contributed by atoms with E-state index in [0.29, 0.717) is 18.6 Å². The number of likely N-dealkylation sites (tertiary alicyclic amines) is 1. The Morgan fingerprint density at radius 1 is 1.04 bits per heavy atom. The Kier molecular flexibility index (Phi) is 5.65. The molecule has 2 aromatic rings. The first kappa shape index (κ1) is 18.3.